The molecule has 1 aromatic rings. The van der Waals surface area contributed by atoms with Crippen LogP contribution in [0.4, 0.5) is 24.5 Å². The molecule has 0 bridgehead atoms. The summed E-state index contributed by atoms with van der Waals surface area (Å²) < 4.78 is 43.1. The highest BCUT2D eigenvalue weighted by atomic mass is 19.4. The molecule has 0 saturated carbocycles. The van der Waals surface area contributed by atoms with Crippen LogP contribution in [0.2, 0.25) is 0 Å². The van der Waals surface area contributed by atoms with Gasteiger partial charge in [0.2, 0.25) is 0 Å². The van der Waals surface area contributed by atoms with Crippen LogP contribution in [0.25, 0.3) is 0 Å². The number of hydrogen-bond donors (Lipinski definition) is 2. The molecule has 0 unspecified atom stereocenters. The van der Waals surface area contributed by atoms with Gasteiger partial charge in [0.15, 0.2) is 0 Å². The van der Waals surface area contributed by atoms with E-state index in [1.165, 1.54) is 0 Å². The second-order valence-corrected chi connectivity index (χ2v) is 4.70. The molecule has 0 aliphatic rings. The van der Waals surface area contributed by atoms with E-state index in [1.807, 2.05) is 20.8 Å². The molecule has 0 aliphatic heterocycles. The van der Waals surface area contributed by atoms with Crippen molar-refractivity contribution in [3.05, 3.63) is 18.0 Å². The quantitative estimate of drug-likeness (QED) is 0.868. The van der Waals surface area contributed by atoms with Gasteiger partial charge in [0.05, 0.1) is 23.2 Å². The molecule has 0 fully saturated rings. The first-order chi connectivity index (χ1) is 8.65. The molecule has 3 N–H and O–H groups in total. The summed E-state index contributed by atoms with van der Waals surface area (Å²) in [5.41, 5.74) is 4.50. The van der Waals surface area contributed by atoms with Gasteiger partial charge in [-0.2, -0.15) is 13.2 Å². The van der Waals surface area contributed by atoms with E-state index in [9.17, 15) is 13.2 Å². The van der Waals surface area contributed by atoms with Crippen LogP contribution in [0.1, 0.15) is 26.5 Å². The van der Waals surface area contributed by atoms with Gasteiger partial charge in [0.1, 0.15) is 5.69 Å². The molecule has 0 amide bonds. The van der Waals surface area contributed by atoms with Crippen molar-refractivity contribution in [3.8, 4) is 0 Å². The molecule has 0 spiro atoms. The zero-order valence-electron chi connectivity index (χ0n) is 11.1. The second kappa shape index (κ2) is 5.64. The average Bonchev–Trinajstić information content (AvgIpc) is 2.26. The molecule has 108 valence electrons. The summed E-state index contributed by atoms with van der Waals surface area (Å²) in [7, 11) is 0. The maximum Gasteiger partial charge on any atom is 0.433 e. The van der Waals surface area contributed by atoms with Crippen LogP contribution >= 0.6 is 0 Å². The molecular formula is C12H18F3N3O. The largest absolute Gasteiger partial charge is 0.433 e. The van der Waals surface area contributed by atoms with E-state index in [2.05, 4.69) is 10.3 Å². The van der Waals surface area contributed by atoms with Gasteiger partial charge in [-0.1, -0.05) is 0 Å². The van der Waals surface area contributed by atoms with E-state index >= 15 is 0 Å². The summed E-state index contributed by atoms with van der Waals surface area (Å²) in [5.74, 6) is 0. The lowest BCUT2D eigenvalue weighted by Crippen LogP contribution is -2.33. The fraction of sp³-hybridized carbons (Fsp3) is 0.583. The standard InChI is InChI=1S/C12H18F3N3O/c1-4-19-11(2,3)7-18-9-5-10(12(13,14)15)17-6-8(9)16/h5-6H,4,7,16H2,1-3H3,(H,17,18). The number of nitrogens with one attached hydrogen (secondary N) is 1. The van der Waals surface area contributed by atoms with Gasteiger partial charge in [-0.15, -0.1) is 0 Å². The number of pyridine rings is 1. The average molecular weight is 277 g/mol. The molecule has 1 aromatic heterocycles. The molecule has 1 heterocycles. The number of halogens is 3. The minimum atomic E-state index is -4.49. The zero-order valence-corrected chi connectivity index (χ0v) is 11.1. The number of alkyl halides is 3. The minimum absolute atomic E-state index is 0.167. The van der Waals surface area contributed by atoms with Crippen molar-refractivity contribution in [1.82, 2.24) is 4.98 Å². The summed E-state index contributed by atoms with van der Waals surface area (Å²) in [6.07, 6.45) is -3.49. The number of anilines is 2. The predicted molar refractivity (Wildman–Crippen MR) is 67.8 cm³/mol. The lowest BCUT2D eigenvalue weighted by Gasteiger charge is -2.26. The van der Waals surface area contributed by atoms with Crippen molar-refractivity contribution >= 4 is 11.4 Å². The Morgan fingerprint density at radius 3 is 2.53 bits per heavy atom. The van der Waals surface area contributed by atoms with Crippen molar-refractivity contribution in [3.63, 3.8) is 0 Å². The third-order valence-corrected chi connectivity index (χ3v) is 2.46. The van der Waals surface area contributed by atoms with Gasteiger partial charge in [-0.25, -0.2) is 4.98 Å². The Kier molecular flexibility index (Phi) is 4.62. The van der Waals surface area contributed by atoms with Gasteiger partial charge < -0.3 is 15.8 Å². The van der Waals surface area contributed by atoms with E-state index in [-0.39, 0.29) is 11.4 Å². The Morgan fingerprint density at radius 1 is 1.37 bits per heavy atom. The van der Waals surface area contributed by atoms with Gasteiger partial charge in [0.25, 0.3) is 0 Å². The third kappa shape index (κ3) is 4.59. The Bertz CT molecular complexity index is 433. The first-order valence-corrected chi connectivity index (χ1v) is 5.86. The van der Waals surface area contributed by atoms with E-state index < -0.39 is 17.5 Å². The molecule has 0 radical (unpaired) electrons. The topological polar surface area (TPSA) is 60.2 Å². The first-order valence-electron chi connectivity index (χ1n) is 5.86. The van der Waals surface area contributed by atoms with Gasteiger partial charge in [-0.3, -0.25) is 0 Å². The van der Waals surface area contributed by atoms with Crippen molar-refractivity contribution in [1.29, 1.82) is 0 Å². The summed E-state index contributed by atoms with van der Waals surface area (Å²) in [4.78, 5) is 3.27. The number of hydrogen-bond acceptors (Lipinski definition) is 4. The molecule has 19 heavy (non-hydrogen) atoms. The lowest BCUT2D eigenvalue weighted by molar-refractivity contribution is -0.141. The highest BCUT2D eigenvalue weighted by Gasteiger charge is 2.33. The molecule has 1 rings (SSSR count). The zero-order chi connectivity index (χ0) is 14.7. The van der Waals surface area contributed by atoms with Crippen LogP contribution in [0.15, 0.2) is 12.3 Å². The van der Waals surface area contributed by atoms with Gasteiger partial charge in [0, 0.05) is 13.2 Å². The van der Waals surface area contributed by atoms with Gasteiger partial charge >= 0.3 is 6.18 Å². The molecule has 4 nitrogen and oxygen atoms in total. The summed E-state index contributed by atoms with van der Waals surface area (Å²) >= 11 is 0. The Morgan fingerprint density at radius 2 is 2.00 bits per heavy atom. The molecule has 7 heteroatoms. The Hall–Kier alpha value is -1.50. The van der Waals surface area contributed by atoms with Crippen LogP contribution in [0.3, 0.4) is 0 Å². The number of rotatable bonds is 5. The Labute approximate surface area is 110 Å². The fourth-order valence-corrected chi connectivity index (χ4v) is 1.52. The summed E-state index contributed by atoms with van der Waals surface area (Å²) in [6, 6.07) is 0.900. The number of nitrogens with zero attached hydrogens (tertiary/aromatic N) is 1. The first kappa shape index (κ1) is 15.6. The summed E-state index contributed by atoms with van der Waals surface area (Å²) in [5, 5.41) is 2.86. The smallest absolute Gasteiger partial charge is 0.396 e. The van der Waals surface area contributed by atoms with Crippen molar-refractivity contribution in [2.75, 3.05) is 24.2 Å². The van der Waals surface area contributed by atoms with Crippen molar-refractivity contribution < 1.29 is 17.9 Å². The number of aromatic nitrogens is 1. The highest BCUT2D eigenvalue weighted by Crippen LogP contribution is 2.31. The normalized spacial score (nSPS) is 12.5. The molecule has 0 aliphatic carbocycles. The van der Waals surface area contributed by atoms with Crippen LogP contribution < -0.4 is 11.1 Å². The monoisotopic (exact) mass is 277 g/mol. The molecule has 0 atom stereocenters. The SMILES string of the molecule is CCOC(C)(C)CNc1cc(C(F)(F)F)ncc1N. The molecule has 0 aromatic carbocycles. The van der Waals surface area contributed by atoms with Crippen LogP contribution in [-0.4, -0.2) is 23.7 Å². The third-order valence-electron chi connectivity index (χ3n) is 2.46. The second-order valence-electron chi connectivity index (χ2n) is 4.70. The van der Waals surface area contributed by atoms with Crippen LogP contribution in [0, 0.1) is 0 Å². The Balaban J connectivity index is 2.84. The van der Waals surface area contributed by atoms with Crippen molar-refractivity contribution in [2.45, 2.75) is 32.5 Å². The van der Waals surface area contributed by atoms with Gasteiger partial charge in [-0.05, 0) is 26.8 Å². The van der Waals surface area contributed by atoms with Crippen LogP contribution in [-0.2, 0) is 10.9 Å². The fourth-order valence-electron chi connectivity index (χ4n) is 1.52. The number of ether oxygens (including phenoxy) is 1. The van der Waals surface area contributed by atoms with E-state index in [0.29, 0.717) is 13.2 Å². The number of nitrogens with two attached hydrogens (primary N) is 1. The lowest BCUT2D eigenvalue weighted by atomic mass is 10.1. The maximum absolute atomic E-state index is 12.5. The van der Waals surface area contributed by atoms with E-state index in [1.54, 1.807) is 0 Å². The predicted octanol–water partition coefficient (Wildman–Crippen LogP) is 2.91. The van der Waals surface area contributed by atoms with Crippen molar-refractivity contribution in [2.24, 2.45) is 0 Å². The van der Waals surface area contributed by atoms with E-state index in [4.69, 9.17) is 10.5 Å². The maximum atomic E-state index is 12.5. The highest BCUT2D eigenvalue weighted by molar-refractivity contribution is 5.65. The minimum Gasteiger partial charge on any atom is -0.396 e. The summed E-state index contributed by atoms with van der Waals surface area (Å²) in [6.45, 7) is 6.39. The number of nitrogen functional groups attached to an aromatic ring is 1. The molecular weight excluding hydrogens is 259 g/mol. The van der Waals surface area contributed by atoms with Crippen LogP contribution in [0.5, 0.6) is 0 Å². The van der Waals surface area contributed by atoms with E-state index in [0.717, 1.165) is 12.3 Å². The molecule has 0 saturated heterocycles.